The number of anilines is 1. The highest BCUT2D eigenvalue weighted by molar-refractivity contribution is 6.31. The van der Waals surface area contributed by atoms with Crippen LogP contribution in [0.1, 0.15) is 91.0 Å². The molecule has 8 rings (SSSR count). The minimum absolute atomic E-state index is 0.223. The van der Waals surface area contributed by atoms with Crippen molar-refractivity contribution in [2.45, 2.75) is 76.3 Å². The van der Waals surface area contributed by atoms with E-state index in [4.69, 9.17) is 21.4 Å². The zero-order valence-corrected chi connectivity index (χ0v) is 31.6. The molecular weight excluding hydrogens is 708 g/mol. The lowest BCUT2D eigenvalue weighted by Crippen LogP contribution is -2.44. The molecule has 2 N–H and O–H groups in total. The second kappa shape index (κ2) is 14.7. The summed E-state index contributed by atoms with van der Waals surface area (Å²) in [6.07, 6.45) is 10.5. The molecule has 3 amide bonds. The zero-order chi connectivity index (χ0) is 37.7. The largest absolute Gasteiger partial charge is 0.494 e. The van der Waals surface area contributed by atoms with Crippen molar-refractivity contribution in [3.05, 3.63) is 81.1 Å². The molecule has 0 bridgehead atoms. The number of aromatic nitrogens is 5. The lowest BCUT2D eigenvalue weighted by Gasteiger charge is -2.37. The van der Waals surface area contributed by atoms with Crippen LogP contribution in [0.2, 0.25) is 5.02 Å². The molecule has 14 heteroatoms. The van der Waals surface area contributed by atoms with Crippen LogP contribution >= 0.6 is 11.6 Å². The minimum Gasteiger partial charge on any atom is -0.494 e. The van der Waals surface area contributed by atoms with Gasteiger partial charge in [-0.15, -0.1) is 0 Å². The average molecular weight is 753 g/mol. The summed E-state index contributed by atoms with van der Waals surface area (Å²) in [4.78, 5) is 57.7. The van der Waals surface area contributed by atoms with Crippen molar-refractivity contribution < 1.29 is 19.1 Å². The number of imidazole rings is 1. The van der Waals surface area contributed by atoms with Crippen LogP contribution in [-0.2, 0) is 16.6 Å². The standard InChI is InChI=1S/C40H45ClN8O5/c1-23-30(41)17-26(20-42-23)38(51)43-32-18-27-22-48(45-31(27)19-35(32)54-3)28-9-7-24(8-10-28)21-47-15-13-25(14-16-47)29-5-4-6-33-37(29)46(2)40(53)49(33)34-11-12-36(50)44-39(34)52/h4-6,17-20,22,24-25,28,34H,7-16,21H2,1-3H3,(H,43,51)(H,44,50,52)/t24-,28-,34?. The van der Waals surface area contributed by atoms with Gasteiger partial charge in [-0.05, 0) is 101 Å². The number of likely N-dealkylation sites (tertiary alicyclic amines) is 1. The second-order valence-electron chi connectivity index (χ2n) is 15.1. The molecule has 2 aliphatic heterocycles. The smallest absolute Gasteiger partial charge is 0.329 e. The normalized spacial score (nSPS) is 21.4. The molecule has 282 valence electrons. The van der Waals surface area contributed by atoms with Crippen LogP contribution in [0.3, 0.4) is 0 Å². The Morgan fingerprint density at radius 2 is 1.81 bits per heavy atom. The number of hydrogen-bond donors (Lipinski definition) is 2. The van der Waals surface area contributed by atoms with E-state index in [1.165, 1.54) is 6.20 Å². The van der Waals surface area contributed by atoms with Gasteiger partial charge < -0.3 is 15.0 Å². The van der Waals surface area contributed by atoms with Gasteiger partial charge in [0, 0.05) is 43.9 Å². The van der Waals surface area contributed by atoms with Gasteiger partial charge in [0.15, 0.2) is 0 Å². The third-order valence-corrected chi connectivity index (χ3v) is 12.2. The molecular formula is C40H45ClN8O5. The number of imide groups is 1. The first-order valence-corrected chi connectivity index (χ1v) is 19.2. The van der Waals surface area contributed by atoms with Crippen LogP contribution in [0.5, 0.6) is 5.75 Å². The number of rotatable bonds is 8. The van der Waals surface area contributed by atoms with Gasteiger partial charge in [-0.25, -0.2) is 4.79 Å². The highest BCUT2D eigenvalue weighted by Gasteiger charge is 2.33. The molecule has 0 spiro atoms. The van der Waals surface area contributed by atoms with Crippen molar-refractivity contribution in [2.24, 2.45) is 13.0 Å². The summed E-state index contributed by atoms with van der Waals surface area (Å²) in [6, 6.07) is 11.0. The van der Waals surface area contributed by atoms with Gasteiger partial charge in [-0.2, -0.15) is 5.10 Å². The van der Waals surface area contributed by atoms with Gasteiger partial charge in [0.2, 0.25) is 11.8 Å². The van der Waals surface area contributed by atoms with Crippen LogP contribution in [0.15, 0.2) is 53.6 Å². The number of nitrogens with zero attached hydrogens (tertiary/aromatic N) is 6. The highest BCUT2D eigenvalue weighted by atomic mass is 35.5. The molecule has 2 saturated heterocycles. The molecule has 0 radical (unpaired) electrons. The van der Waals surface area contributed by atoms with Gasteiger partial charge in [0.05, 0.1) is 51.7 Å². The van der Waals surface area contributed by atoms with E-state index in [1.54, 1.807) is 36.3 Å². The predicted molar refractivity (Wildman–Crippen MR) is 206 cm³/mol. The molecule has 5 heterocycles. The quantitative estimate of drug-likeness (QED) is 0.187. The Morgan fingerprint density at radius 1 is 1.04 bits per heavy atom. The van der Waals surface area contributed by atoms with Crippen molar-refractivity contribution in [3.63, 3.8) is 0 Å². The fourth-order valence-electron chi connectivity index (χ4n) is 8.76. The van der Waals surface area contributed by atoms with Gasteiger partial charge >= 0.3 is 5.69 Å². The topological polar surface area (TPSA) is 145 Å². The number of pyridine rings is 1. The molecule has 13 nitrogen and oxygen atoms in total. The molecule has 1 atom stereocenters. The first-order chi connectivity index (χ1) is 26.1. The second-order valence-corrected chi connectivity index (χ2v) is 15.5. The Morgan fingerprint density at radius 3 is 2.54 bits per heavy atom. The van der Waals surface area contributed by atoms with Gasteiger partial charge in [0.25, 0.3) is 5.91 Å². The van der Waals surface area contributed by atoms with Crippen LogP contribution in [-0.4, -0.2) is 73.3 Å². The molecule has 3 fully saturated rings. The molecule has 1 unspecified atom stereocenters. The number of para-hydroxylation sites is 1. The van der Waals surface area contributed by atoms with Crippen molar-refractivity contribution in [3.8, 4) is 5.75 Å². The van der Waals surface area contributed by atoms with E-state index in [0.717, 1.165) is 85.7 Å². The summed E-state index contributed by atoms with van der Waals surface area (Å²) in [6.45, 7) is 4.87. The molecule has 3 aromatic heterocycles. The molecule has 1 saturated carbocycles. The van der Waals surface area contributed by atoms with Crippen LogP contribution in [0.25, 0.3) is 21.9 Å². The molecule has 5 aromatic rings. The number of fused-ring (bicyclic) bond motifs is 2. The first-order valence-electron chi connectivity index (χ1n) is 18.8. The third kappa shape index (κ3) is 6.79. The summed E-state index contributed by atoms with van der Waals surface area (Å²) in [5, 5.41) is 11.6. The van der Waals surface area contributed by atoms with Crippen LogP contribution in [0.4, 0.5) is 5.69 Å². The van der Waals surface area contributed by atoms with E-state index in [2.05, 4.69) is 37.5 Å². The zero-order valence-electron chi connectivity index (χ0n) is 30.8. The Labute approximate surface area is 317 Å². The number of hydrogen-bond acceptors (Lipinski definition) is 8. The Hall–Kier alpha value is -5.01. The SMILES string of the molecule is COc1cc2nn([C@H]3CC[C@H](CN4CCC(c5cccc6c5n(C)c(=O)n6C5CCC(=O)NC5=O)CC4)CC3)cc2cc1NC(=O)c1cnc(C)c(Cl)c1. The summed E-state index contributed by atoms with van der Waals surface area (Å²) in [7, 11) is 3.36. The molecule has 54 heavy (non-hydrogen) atoms. The summed E-state index contributed by atoms with van der Waals surface area (Å²) >= 11 is 6.20. The van der Waals surface area contributed by atoms with E-state index >= 15 is 0 Å². The number of piperidine rings is 2. The number of nitrogens with one attached hydrogen (secondary N) is 2. The fraction of sp³-hybridized carbons (Fsp3) is 0.450. The lowest BCUT2D eigenvalue weighted by atomic mass is 9.84. The van der Waals surface area contributed by atoms with Crippen LogP contribution in [0, 0.1) is 12.8 Å². The number of carbonyl (C=O) groups excluding carboxylic acids is 3. The number of benzene rings is 2. The third-order valence-electron chi connectivity index (χ3n) is 11.8. The molecule has 1 aliphatic carbocycles. The summed E-state index contributed by atoms with van der Waals surface area (Å²) < 4.78 is 11.0. The maximum Gasteiger partial charge on any atom is 0.329 e. The van der Waals surface area contributed by atoms with Crippen molar-refractivity contribution >= 4 is 56.9 Å². The van der Waals surface area contributed by atoms with E-state index in [1.807, 2.05) is 24.3 Å². The van der Waals surface area contributed by atoms with Crippen molar-refractivity contribution in [1.82, 2.24) is 34.1 Å². The van der Waals surface area contributed by atoms with Gasteiger partial charge in [0.1, 0.15) is 11.8 Å². The number of ether oxygens (including phenoxy) is 1. The monoisotopic (exact) mass is 752 g/mol. The highest BCUT2D eigenvalue weighted by Crippen LogP contribution is 2.38. The van der Waals surface area contributed by atoms with Gasteiger partial charge in [-0.1, -0.05) is 23.7 Å². The number of methoxy groups -OCH3 is 1. The lowest BCUT2D eigenvalue weighted by molar-refractivity contribution is -0.135. The maximum atomic E-state index is 13.4. The summed E-state index contributed by atoms with van der Waals surface area (Å²) in [5.74, 6) is 0.465. The number of carbonyl (C=O) groups is 3. The van der Waals surface area contributed by atoms with Crippen LogP contribution < -0.4 is 21.1 Å². The van der Waals surface area contributed by atoms with Crippen molar-refractivity contribution in [1.29, 1.82) is 0 Å². The van der Waals surface area contributed by atoms with E-state index < -0.39 is 11.9 Å². The predicted octanol–water partition coefficient (Wildman–Crippen LogP) is 5.90. The van der Waals surface area contributed by atoms with Crippen molar-refractivity contribution in [2.75, 3.05) is 32.1 Å². The Balaban J connectivity index is 0.879. The maximum absolute atomic E-state index is 13.4. The first kappa shape index (κ1) is 36.0. The van der Waals surface area contributed by atoms with Gasteiger partial charge in [-0.3, -0.25) is 38.5 Å². The number of halogens is 1. The van der Waals surface area contributed by atoms with E-state index in [9.17, 15) is 19.2 Å². The van der Waals surface area contributed by atoms with E-state index in [0.29, 0.717) is 52.0 Å². The Kier molecular flexibility index (Phi) is 9.78. The summed E-state index contributed by atoms with van der Waals surface area (Å²) in [5.41, 5.74) is 4.99. The van der Waals surface area contributed by atoms with E-state index in [-0.39, 0.29) is 23.9 Å². The average Bonchev–Trinajstić information content (AvgIpc) is 3.70. The molecule has 3 aliphatic rings. The number of amides is 3. The Bertz CT molecular complexity index is 2330. The molecule has 2 aromatic carbocycles. The minimum atomic E-state index is -0.683. The number of aryl methyl sites for hydroxylation is 2. The fourth-order valence-corrected chi connectivity index (χ4v) is 8.93.